The molecular formula is C14H22N4O. The van der Waals surface area contributed by atoms with E-state index in [0.29, 0.717) is 6.04 Å². The number of aromatic nitrogens is 2. The molecule has 0 aliphatic carbocycles. The van der Waals surface area contributed by atoms with Gasteiger partial charge >= 0.3 is 0 Å². The molecule has 1 aliphatic rings. The second kappa shape index (κ2) is 6.02. The van der Waals surface area contributed by atoms with E-state index < -0.39 is 0 Å². The van der Waals surface area contributed by atoms with E-state index in [0.717, 1.165) is 31.5 Å². The topological polar surface area (TPSA) is 50.2 Å². The lowest BCUT2D eigenvalue weighted by molar-refractivity contribution is -0.119. The van der Waals surface area contributed by atoms with Gasteiger partial charge in [0.1, 0.15) is 0 Å². The normalized spacial score (nSPS) is 20.8. The van der Waals surface area contributed by atoms with Gasteiger partial charge in [0.25, 0.3) is 0 Å². The maximum absolute atomic E-state index is 12.3. The third kappa shape index (κ3) is 3.23. The summed E-state index contributed by atoms with van der Waals surface area (Å²) in [6, 6.07) is 0.265. The lowest BCUT2D eigenvalue weighted by atomic mass is 10.1. The van der Waals surface area contributed by atoms with Crippen LogP contribution in [-0.4, -0.2) is 34.3 Å². The molecule has 0 saturated carbocycles. The fraction of sp³-hybridized carbons (Fsp3) is 0.571. The van der Waals surface area contributed by atoms with Gasteiger partial charge in [0.05, 0.1) is 17.9 Å². The third-order valence-corrected chi connectivity index (χ3v) is 3.50. The summed E-state index contributed by atoms with van der Waals surface area (Å²) in [5.74, 6) is 0.151. The summed E-state index contributed by atoms with van der Waals surface area (Å²) in [6.45, 7) is 6.60. The zero-order valence-corrected chi connectivity index (χ0v) is 11.7. The fourth-order valence-corrected chi connectivity index (χ4v) is 2.43. The van der Waals surface area contributed by atoms with Crippen LogP contribution in [0.25, 0.3) is 0 Å². The zero-order valence-electron chi connectivity index (χ0n) is 11.7. The molecule has 19 heavy (non-hydrogen) atoms. The Balaban J connectivity index is 1.92. The Hall–Kier alpha value is -1.62. The summed E-state index contributed by atoms with van der Waals surface area (Å²) in [6.07, 6.45) is 8.37. The predicted octanol–water partition coefficient (Wildman–Crippen LogP) is 1.47. The van der Waals surface area contributed by atoms with Gasteiger partial charge in [0.2, 0.25) is 5.91 Å². The summed E-state index contributed by atoms with van der Waals surface area (Å²) in [4.78, 5) is 14.1. The molecule has 2 rings (SSSR count). The molecule has 0 spiro atoms. The van der Waals surface area contributed by atoms with E-state index in [1.54, 1.807) is 10.9 Å². The lowest BCUT2D eigenvalue weighted by Gasteiger charge is -2.19. The molecule has 1 saturated heterocycles. The molecule has 5 nitrogen and oxygen atoms in total. The zero-order chi connectivity index (χ0) is 13.8. The highest BCUT2D eigenvalue weighted by atomic mass is 16.2. The van der Waals surface area contributed by atoms with Crippen molar-refractivity contribution in [3.63, 3.8) is 0 Å². The quantitative estimate of drug-likeness (QED) is 0.790. The molecule has 1 fully saturated rings. The van der Waals surface area contributed by atoms with Crippen LogP contribution in [0.4, 0.5) is 5.69 Å². The monoisotopic (exact) mass is 262 g/mol. The first-order valence-corrected chi connectivity index (χ1v) is 6.78. The number of hydrogen-bond acceptors (Lipinski definition) is 3. The van der Waals surface area contributed by atoms with Gasteiger partial charge < -0.3 is 10.2 Å². The highest BCUT2D eigenvalue weighted by Gasteiger charge is 2.33. The van der Waals surface area contributed by atoms with Gasteiger partial charge in [-0.05, 0) is 26.2 Å². The van der Waals surface area contributed by atoms with Crippen LogP contribution >= 0.6 is 0 Å². The van der Waals surface area contributed by atoms with Crippen LogP contribution in [0.3, 0.4) is 0 Å². The maximum atomic E-state index is 12.3. The number of nitrogens with zero attached hydrogens (tertiary/aromatic N) is 3. The smallest absolute Gasteiger partial charge is 0.244 e. The van der Waals surface area contributed by atoms with E-state index in [4.69, 9.17) is 0 Å². The standard InChI is InChI=1S/C14H22N4O/c1-4-5-6-11(2)16-13-7-8-18(14(13)19)12-9-15-17(3)10-12/h4,9-11,13,16H,1,5-8H2,2-3H3. The van der Waals surface area contributed by atoms with Gasteiger partial charge in [0, 0.05) is 25.8 Å². The number of carbonyl (C=O) groups is 1. The van der Waals surface area contributed by atoms with Crippen molar-refractivity contribution >= 4 is 11.6 Å². The number of aryl methyl sites for hydroxylation is 1. The van der Waals surface area contributed by atoms with Crippen molar-refractivity contribution in [1.29, 1.82) is 0 Å². The molecule has 0 radical (unpaired) electrons. The molecule has 2 unspecified atom stereocenters. The van der Waals surface area contributed by atoms with Crippen molar-refractivity contribution in [2.24, 2.45) is 7.05 Å². The van der Waals surface area contributed by atoms with Crippen LogP contribution in [0.2, 0.25) is 0 Å². The van der Waals surface area contributed by atoms with Crippen molar-refractivity contribution in [2.75, 3.05) is 11.4 Å². The van der Waals surface area contributed by atoms with Gasteiger partial charge in [0.15, 0.2) is 0 Å². The number of anilines is 1. The average molecular weight is 262 g/mol. The summed E-state index contributed by atoms with van der Waals surface area (Å²) in [7, 11) is 1.86. The Morgan fingerprint density at radius 3 is 3.11 bits per heavy atom. The number of carbonyl (C=O) groups excluding carboxylic acids is 1. The largest absolute Gasteiger partial charge is 0.308 e. The van der Waals surface area contributed by atoms with Gasteiger partial charge in [-0.1, -0.05) is 6.08 Å². The van der Waals surface area contributed by atoms with Crippen molar-refractivity contribution < 1.29 is 4.79 Å². The highest BCUT2D eigenvalue weighted by molar-refractivity contribution is 5.99. The first-order chi connectivity index (χ1) is 9.11. The number of allylic oxidation sites excluding steroid dienone is 1. The molecule has 2 atom stereocenters. The molecule has 1 aliphatic heterocycles. The van der Waals surface area contributed by atoms with Crippen LogP contribution in [0.1, 0.15) is 26.2 Å². The van der Waals surface area contributed by atoms with Crippen LogP contribution in [0.15, 0.2) is 25.0 Å². The van der Waals surface area contributed by atoms with E-state index >= 15 is 0 Å². The van der Waals surface area contributed by atoms with Crippen LogP contribution in [0, 0.1) is 0 Å². The minimum atomic E-state index is -0.0694. The molecule has 1 amide bonds. The van der Waals surface area contributed by atoms with E-state index in [1.165, 1.54) is 0 Å². The summed E-state index contributed by atoms with van der Waals surface area (Å²) >= 11 is 0. The fourth-order valence-electron chi connectivity index (χ4n) is 2.43. The van der Waals surface area contributed by atoms with Gasteiger partial charge in [-0.2, -0.15) is 5.10 Å². The van der Waals surface area contributed by atoms with E-state index in [1.807, 2.05) is 24.2 Å². The predicted molar refractivity (Wildman–Crippen MR) is 76.0 cm³/mol. The molecule has 0 aromatic carbocycles. The second-order valence-corrected chi connectivity index (χ2v) is 5.14. The van der Waals surface area contributed by atoms with E-state index in [2.05, 4.69) is 23.9 Å². The molecule has 0 bridgehead atoms. The van der Waals surface area contributed by atoms with Crippen LogP contribution in [0.5, 0.6) is 0 Å². The van der Waals surface area contributed by atoms with Crippen molar-refractivity contribution in [2.45, 2.75) is 38.3 Å². The van der Waals surface area contributed by atoms with E-state index in [-0.39, 0.29) is 11.9 Å². The van der Waals surface area contributed by atoms with Crippen LogP contribution < -0.4 is 10.2 Å². The molecule has 5 heteroatoms. The minimum absolute atomic E-state index is 0.0694. The summed E-state index contributed by atoms with van der Waals surface area (Å²) < 4.78 is 1.72. The van der Waals surface area contributed by atoms with Crippen molar-refractivity contribution in [1.82, 2.24) is 15.1 Å². The molecule has 1 aromatic rings. The first kappa shape index (κ1) is 13.8. The Labute approximate surface area is 114 Å². The van der Waals surface area contributed by atoms with E-state index in [9.17, 15) is 4.79 Å². The Morgan fingerprint density at radius 2 is 2.47 bits per heavy atom. The molecule has 104 valence electrons. The Morgan fingerprint density at radius 1 is 1.68 bits per heavy atom. The number of amides is 1. The van der Waals surface area contributed by atoms with Gasteiger partial charge in [-0.15, -0.1) is 6.58 Å². The van der Waals surface area contributed by atoms with Crippen LogP contribution in [-0.2, 0) is 11.8 Å². The lowest BCUT2D eigenvalue weighted by Crippen LogP contribution is -2.42. The number of nitrogens with one attached hydrogen (secondary N) is 1. The average Bonchev–Trinajstić information content (AvgIpc) is 2.95. The summed E-state index contributed by atoms with van der Waals surface area (Å²) in [5, 5.41) is 7.52. The van der Waals surface area contributed by atoms with Gasteiger partial charge in [-0.3, -0.25) is 9.48 Å². The number of rotatable bonds is 6. The molecule has 2 heterocycles. The molecule has 1 aromatic heterocycles. The third-order valence-electron chi connectivity index (χ3n) is 3.50. The minimum Gasteiger partial charge on any atom is -0.308 e. The van der Waals surface area contributed by atoms with Gasteiger partial charge in [-0.25, -0.2) is 0 Å². The number of hydrogen-bond donors (Lipinski definition) is 1. The second-order valence-electron chi connectivity index (χ2n) is 5.14. The Kier molecular flexibility index (Phi) is 4.37. The van der Waals surface area contributed by atoms with Crippen molar-refractivity contribution in [3.8, 4) is 0 Å². The maximum Gasteiger partial charge on any atom is 0.244 e. The molecular weight excluding hydrogens is 240 g/mol. The Bertz CT molecular complexity index is 454. The first-order valence-electron chi connectivity index (χ1n) is 6.78. The highest BCUT2D eigenvalue weighted by Crippen LogP contribution is 2.21. The SMILES string of the molecule is C=CCCC(C)NC1CCN(c2cnn(C)c2)C1=O. The summed E-state index contributed by atoms with van der Waals surface area (Å²) in [5.41, 5.74) is 0.885. The van der Waals surface area contributed by atoms with Crippen molar-refractivity contribution in [3.05, 3.63) is 25.0 Å². The molecule has 1 N–H and O–H groups in total.